The van der Waals surface area contributed by atoms with Crippen LogP contribution in [0.25, 0.3) is 0 Å². The van der Waals surface area contributed by atoms with E-state index in [9.17, 15) is 9.59 Å². The molecule has 1 fully saturated rings. The number of piperidine rings is 1. The Morgan fingerprint density at radius 1 is 1.21 bits per heavy atom. The fraction of sp³-hybridized carbons (Fsp3) is 0.500. The van der Waals surface area contributed by atoms with Gasteiger partial charge in [-0.15, -0.1) is 0 Å². The predicted molar refractivity (Wildman–Crippen MR) is 113 cm³/mol. The molecule has 0 N–H and O–H groups in total. The van der Waals surface area contributed by atoms with Gasteiger partial charge in [0.2, 0.25) is 5.91 Å². The van der Waals surface area contributed by atoms with Crippen molar-refractivity contribution in [3.63, 3.8) is 0 Å². The fourth-order valence-corrected chi connectivity index (χ4v) is 5.53. The van der Waals surface area contributed by atoms with E-state index < -0.39 is 5.60 Å². The number of benzene rings is 1. The molecule has 29 heavy (non-hydrogen) atoms. The van der Waals surface area contributed by atoms with Crippen LogP contribution in [0.1, 0.15) is 47.2 Å². The maximum Gasteiger partial charge on any atom is 0.228 e. The van der Waals surface area contributed by atoms with Crippen molar-refractivity contribution in [1.82, 2.24) is 9.80 Å². The summed E-state index contributed by atoms with van der Waals surface area (Å²) < 4.78 is 6.39. The number of ketones is 1. The highest BCUT2D eigenvalue weighted by Gasteiger charge is 2.44. The Balaban J connectivity index is 1.24. The van der Waals surface area contributed by atoms with E-state index in [4.69, 9.17) is 4.74 Å². The van der Waals surface area contributed by atoms with Gasteiger partial charge in [-0.05, 0) is 42.5 Å². The second-order valence-electron chi connectivity index (χ2n) is 8.42. The minimum atomic E-state index is -0.472. The van der Waals surface area contributed by atoms with Gasteiger partial charge >= 0.3 is 0 Å². The lowest BCUT2D eigenvalue weighted by molar-refractivity contribution is -0.134. The number of likely N-dealkylation sites (tertiary alicyclic amines) is 1. The summed E-state index contributed by atoms with van der Waals surface area (Å²) >= 11 is 1.61. The van der Waals surface area contributed by atoms with Crippen molar-refractivity contribution in [2.75, 3.05) is 26.2 Å². The van der Waals surface area contributed by atoms with Gasteiger partial charge < -0.3 is 14.5 Å². The maximum absolute atomic E-state index is 12.9. The van der Waals surface area contributed by atoms with Crippen molar-refractivity contribution in [2.45, 2.75) is 45.1 Å². The topological polar surface area (TPSA) is 62.2 Å². The SMILES string of the molecule is Cc1cc2c(cc1C)C(=O)CC1(CCN(C(=O)CC3=CSC4=NCCN34)CC1)O2. The van der Waals surface area contributed by atoms with Crippen molar-refractivity contribution in [1.29, 1.82) is 0 Å². The molecule has 0 aromatic heterocycles. The monoisotopic (exact) mass is 411 g/mol. The zero-order chi connectivity index (χ0) is 20.2. The molecule has 1 aromatic carbocycles. The Bertz CT molecular complexity index is 960. The number of amidine groups is 1. The van der Waals surface area contributed by atoms with E-state index >= 15 is 0 Å². The first-order valence-corrected chi connectivity index (χ1v) is 11.1. The number of hydrogen-bond acceptors (Lipinski definition) is 6. The molecule has 0 radical (unpaired) electrons. The lowest BCUT2D eigenvalue weighted by atomic mass is 9.82. The molecule has 4 aliphatic heterocycles. The number of fused-ring (bicyclic) bond motifs is 2. The summed E-state index contributed by atoms with van der Waals surface area (Å²) in [4.78, 5) is 34.2. The van der Waals surface area contributed by atoms with Gasteiger partial charge in [-0.3, -0.25) is 14.6 Å². The van der Waals surface area contributed by atoms with Gasteiger partial charge in [0.25, 0.3) is 0 Å². The molecule has 4 heterocycles. The van der Waals surface area contributed by atoms with E-state index in [1.165, 1.54) is 0 Å². The van der Waals surface area contributed by atoms with Gasteiger partial charge in [-0.1, -0.05) is 11.8 Å². The highest BCUT2D eigenvalue weighted by atomic mass is 32.2. The van der Waals surface area contributed by atoms with Crippen LogP contribution in [0, 0.1) is 13.8 Å². The highest BCUT2D eigenvalue weighted by Crippen LogP contribution is 2.40. The molecular weight excluding hydrogens is 386 g/mol. The normalized spacial score (nSPS) is 22.2. The number of carbonyl (C=O) groups is 2. The van der Waals surface area contributed by atoms with Crippen molar-refractivity contribution >= 4 is 28.6 Å². The summed E-state index contributed by atoms with van der Waals surface area (Å²) in [6.07, 6.45) is 2.21. The summed E-state index contributed by atoms with van der Waals surface area (Å²) in [5.74, 6) is 1.01. The van der Waals surface area contributed by atoms with Crippen molar-refractivity contribution in [3.05, 3.63) is 39.9 Å². The van der Waals surface area contributed by atoms with Gasteiger partial charge in [-0.25, -0.2) is 0 Å². The number of rotatable bonds is 2. The zero-order valence-corrected chi connectivity index (χ0v) is 17.7. The van der Waals surface area contributed by atoms with Crippen LogP contribution in [0.3, 0.4) is 0 Å². The van der Waals surface area contributed by atoms with Crippen LogP contribution in [-0.2, 0) is 4.79 Å². The number of ether oxygens (including phenoxy) is 1. The van der Waals surface area contributed by atoms with Crippen LogP contribution < -0.4 is 4.74 Å². The highest BCUT2D eigenvalue weighted by molar-refractivity contribution is 8.16. The number of carbonyl (C=O) groups excluding carboxylic acids is 2. The minimum Gasteiger partial charge on any atom is -0.486 e. The molecule has 6 nitrogen and oxygen atoms in total. The Kier molecular flexibility index (Phi) is 4.46. The molecule has 1 amide bonds. The number of thioether (sulfide) groups is 1. The van der Waals surface area contributed by atoms with E-state index in [1.807, 2.05) is 36.3 Å². The standard InChI is InChI=1S/C22H25N3O3S/c1-14-9-17-18(26)12-22(28-19(17)10-15(14)2)3-6-24(7-4-22)20(27)11-16-13-29-21-23-5-8-25(16)21/h9-10,13H,3-8,11-12H2,1-2H3. The molecule has 0 unspecified atom stereocenters. The van der Waals surface area contributed by atoms with Crippen LogP contribution in [-0.4, -0.2) is 58.4 Å². The predicted octanol–water partition coefficient (Wildman–Crippen LogP) is 3.28. The second-order valence-corrected chi connectivity index (χ2v) is 9.25. The van der Waals surface area contributed by atoms with Crippen molar-refractivity contribution in [3.8, 4) is 5.75 Å². The number of Topliss-reactive ketones (excluding diaryl/α,β-unsaturated/α-hetero) is 1. The van der Waals surface area contributed by atoms with E-state index in [1.54, 1.807) is 11.8 Å². The summed E-state index contributed by atoms with van der Waals surface area (Å²) in [5, 5.41) is 3.06. The number of nitrogens with zero attached hydrogens (tertiary/aromatic N) is 3. The van der Waals surface area contributed by atoms with Crippen LogP contribution >= 0.6 is 11.8 Å². The van der Waals surface area contributed by atoms with Gasteiger partial charge in [0, 0.05) is 38.2 Å². The fourth-order valence-electron chi connectivity index (χ4n) is 4.57. The Hall–Kier alpha value is -2.28. The van der Waals surface area contributed by atoms with E-state index in [-0.39, 0.29) is 11.7 Å². The number of aliphatic imine (C=N–C) groups is 1. The van der Waals surface area contributed by atoms with Gasteiger partial charge in [0.05, 0.1) is 24.9 Å². The third-order valence-corrected chi connectivity index (χ3v) is 7.46. The third kappa shape index (κ3) is 3.25. The number of amides is 1. The first-order valence-electron chi connectivity index (χ1n) is 10.2. The molecule has 152 valence electrons. The van der Waals surface area contributed by atoms with Crippen LogP contribution in [0.15, 0.2) is 28.2 Å². The number of hydrogen-bond donors (Lipinski definition) is 0. The maximum atomic E-state index is 12.9. The molecule has 1 spiro atoms. The van der Waals surface area contributed by atoms with Gasteiger partial charge in [0.15, 0.2) is 11.0 Å². The summed E-state index contributed by atoms with van der Waals surface area (Å²) in [5.41, 5.74) is 3.53. The molecule has 0 aliphatic carbocycles. The van der Waals surface area contributed by atoms with Crippen molar-refractivity contribution in [2.24, 2.45) is 4.99 Å². The molecule has 1 aromatic rings. The molecular formula is C22H25N3O3S. The summed E-state index contributed by atoms with van der Waals surface area (Å²) in [6.45, 7) is 7.01. The van der Waals surface area contributed by atoms with Crippen molar-refractivity contribution < 1.29 is 14.3 Å². The first-order chi connectivity index (χ1) is 13.9. The molecule has 0 saturated carbocycles. The van der Waals surface area contributed by atoms with Crippen LogP contribution in [0.4, 0.5) is 0 Å². The smallest absolute Gasteiger partial charge is 0.228 e. The molecule has 0 bridgehead atoms. The zero-order valence-electron chi connectivity index (χ0n) is 16.9. The average molecular weight is 412 g/mol. The van der Waals surface area contributed by atoms with Gasteiger partial charge in [0.1, 0.15) is 11.4 Å². The minimum absolute atomic E-state index is 0.147. The van der Waals surface area contributed by atoms with E-state index in [0.29, 0.717) is 50.1 Å². The van der Waals surface area contributed by atoms with Gasteiger partial charge in [-0.2, -0.15) is 0 Å². The lowest BCUT2D eigenvalue weighted by Crippen LogP contribution is -2.52. The average Bonchev–Trinajstić information content (AvgIpc) is 3.29. The molecule has 7 heteroatoms. The largest absolute Gasteiger partial charge is 0.486 e. The molecule has 4 aliphatic rings. The number of aryl methyl sites for hydroxylation is 2. The Labute approximate surface area is 175 Å². The summed E-state index contributed by atoms with van der Waals surface area (Å²) in [7, 11) is 0. The quantitative estimate of drug-likeness (QED) is 0.747. The van der Waals surface area contributed by atoms with E-state index in [0.717, 1.165) is 35.1 Å². The van der Waals surface area contributed by atoms with Crippen LogP contribution in [0.5, 0.6) is 5.75 Å². The third-order valence-electron chi connectivity index (χ3n) is 6.51. The first kappa shape index (κ1) is 18.7. The summed E-state index contributed by atoms with van der Waals surface area (Å²) in [6, 6.07) is 3.93. The van der Waals surface area contributed by atoms with E-state index in [2.05, 4.69) is 9.89 Å². The molecule has 5 rings (SSSR count). The van der Waals surface area contributed by atoms with Crippen LogP contribution in [0.2, 0.25) is 0 Å². The Morgan fingerprint density at radius 2 is 1.97 bits per heavy atom. The Morgan fingerprint density at radius 3 is 2.76 bits per heavy atom. The lowest BCUT2D eigenvalue weighted by Gasteiger charge is -2.44. The molecule has 0 atom stereocenters. The molecule has 1 saturated heterocycles. The second kappa shape index (κ2) is 6.90.